The van der Waals surface area contributed by atoms with Crippen LogP contribution in [0.3, 0.4) is 0 Å². The molecule has 4 heterocycles. The summed E-state index contributed by atoms with van der Waals surface area (Å²) in [6.45, 7) is 15.7. The average Bonchev–Trinajstić information content (AvgIpc) is 3.28. The zero-order chi connectivity index (χ0) is 35.7. The molecule has 1 aliphatic rings. The number of anilines is 1. The molecule has 3 aromatic heterocycles. The second-order valence-electron chi connectivity index (χ2n) is 14.7. The van der Waals surface area contributed by atoms with Gasteiger partial charge in [-0.25, -0.2) is 19.5 Å². The Morgan fingerprint density at radius 2 is 1.79 bits per heavy atom. The van der Waals surface area contributed by atoms with Crippen molar-refractivity contribution in [1.29, 1.82) is 0 Å². The van der Waals surface area contributed by atoms with E-state index in [2.05, 4.69) is 36.2 Å². The number of carbonyl (C=O) groups excluding carboxylic acids is 2. The third-order valence-corrected chi connectivity index (χ3v) is 9.66. The molecule has 0 aliphatic carbocycles. The summed E-state index contributed by atoms with van der Waals surface area (Å²) < 4.78 is 49.5. The zero-order valence-electron chi connectivity index (χ0n) is 28.6. The van der Waals surface area contributed by atoms with Crippen LogP contribution in [0.15, 0.2) is 58.2 Å². The molecule has 0 aromatic carbocycles. The summed E-state index contributed by atoms with van der Waals surface area (Å²) in [7, 11) is -4.47. The number of sulfonamides is 1. The number of ether oxygens (including phenoxy) is 1. The van der Waals surface area contributed by atoms with Gasteiger partial charge < -0.3 is 15.0 Å². The number of amides is 2. The number of nitrogens with zero attached hydrogens (tertiary/aromatic N) is 4. The van der Waals surface area contributed by atoms with Crippen molar-refractivity contribution < 1.29 is 27.1 Å². The highest BCUT2D eigenvalue weighted by Crippen LogP contribution is 2.38. The molecule has 2 amide bonds. The van der Waals surface area contributed by atoms with Crippen LogP contribution in [0.1, 0.15) is 102 Å². The smallest absolute Gasteiger partial charge is 0.410 e. The Morgan fingerprint density at radius 3 is 2.40 bits per heavy atom. The van der Waals surface area contributed by atoms with Gasteiger partial charge in [0.2, 0.25) is 5.95 Å². The average molecular weight is 748 g/mol. The molecule has 1 aliphatic heterocycles. The molecule has 0 bridgehead atoms. The lowest BCUT2D eigenvalue weighted by molar-refractivity contribution is 0.0130. The normalized spacial score (nSPS) is 17.1. The molecule has 2 atom stereocenters. The second kappa shape index (κ2) is 14.1. The van der Waals surface area contributed by atoms with Crippen LogP contribution in [0.4, 0.5) is 15.0 Å². The predicted molar refractivity (Wildman–Crippen MR) is 184 cm³/mol. The minimum Gasteiger partial charge on any atom is -0.444 e. The van der Waals surface area contributed by atoms with Gasteiger partial charge in [0.25, 0.3) is 15.9 Å². The molecule has 14 heteroatoms. The fourth-order valence-corrected chi connectivity index (χ4v) is 6.75. The number of hydrogen-bond acceptors (Lipinski definition) is 9. The third-order valence-electron chi connectivity index (χ3n) is 7.95. The minimum atomic E-state index is -4.47. The Labute approximate surface area is 290 Å². The first kappa shape index (κ1) is 37.2. The van der Waals surface area contributed by atoms with Crippen LogP contribution in [0.25, 0.3) is 0 Å². The zero-order valence-corrected chi connectivity index (χ0v) is 31.0. The van der Waals surface area contributed by atoms with Gasteiger partial charge in [0.15, 0.2) is 5.03 Å². The Morgan fingerprint density at radius 1 is 1.08 bits per heavy atom. The van der Waals surface area contributed by atoms with Crippen molar-refractivity contribution in [2.75, 3.05) is 11.9 Å². The summed E-state index contributed by atoms with van der Waals surface area (Å²) in [5.41, 5.74) is -0.805. The molecule has 0 spiro atoms. The fourth-order valence-electron chi connectivity index (χ4n) is 5.58. The molecule has 1 saturated heterocycles. The maximum absolute atomic E-state index is 14.7. The van der Waals surface area contributed by atoms with E-state index in [0.717, 1.165) is 17.3 Å². The van der Waals surface area contributed by atoms with Gasteiger partial charge in [-0.2, -0.15) is 12.8 Å². The summed E-state index contributed by atoms with van der Waals surface area (Å²) in [6.07, 6.45) is 3.46. The van der Waals surface area contributed by atoms with Crippen molar-refractivity contribution in [1.82, 2.24) is 24.6 Å². The van der Waals surface area contributed by atoms with E-state index in [0.29, 0.717) is 24.4 Å². The Balaban J connectivity index is 1.50. The summed E-state index contributed by atoms with van der Waals surface area (Å²) in [6, 6.07) is 10.4. The van der Waals surface area contributed by atoms with E-state index in [1.54, 1.807) is 17.2 Å². The van der Waals surface area contributed by atoms with Crippen molar-refractivity contribution in [2.24, 2.45) is 5.92 Å². The first-order chi connectivity index (χ1) is 22.1. The van der Waals surface area contributed by atoms with Gasteiger partial charge in [0.1, 0.15) is 11.4 Å². The van der Waals surface area contributed by atoms with Crippen molar-refractivity contribution >= 4 is 43.8 Å². The largest absolute Gasteiger partial charge is 0.444 e. The summed E-state index contributed by atoms with van der Waals surface area (Å²) in [4.78, 5) is 40.3. The summed E-state index contributed by atoms with van der Waals surface area (Å²) >= 11 is 3.42. The van der Waals surface area contributed by atoms with E-state index >= 15 is 0 Å². The van der Waals surface area contributed by atoms with Crippen molar-refractivity contribution in [3.63, 3.8) is 0 Å². The lowest BCUT2D eigenvalue weighted by Gasteiger charge is -2.33. The molecule has 0 saturated carbocycles. The number of hydrogen-bond donors (Lipinski definition) is 2. The predicted octanol–water partition coefficient (Wildman–Crippen LogP) is 7.16. The fraction of sp³-hybridized carbons (Fsp3) is 0.500. The van der Waals surface area contributed by atoms with Gasteiger partial charge >= 0.3 is 6.09 Å². The first-order valence-electron chi connectivity index (χ1n) is 15.7. The van der Waals surface area contributed by atoms with Gasteiger partial charge in [-0.15, -0.1) is 0 Å². The topological polar surface area (TPSA) is 143 Å². The molecule has 4 rings (SSSR count). The minimum absolute atomic E-state index is 0.189. The molecule has 1 unspecified atom stereocenters. The van der Waals surface area contributed by atoms with Gasteiger partial charge in [0, 0.05) is 33.9 Å². The highest BCUT2D eigenvalue weighted by atomic mass is 79.9. The van der Waals surface area contributed by atoms with Crippen LogP contribution in [0.5, 0.6) is 0 Å². The lowest BCUT2D eigenvalue weighted by atomic mass is 9.91. The number of nitrogens with one attached hydrogen (secondary N) is 2. The molecule has 2 N–H and O–H groups in total. The quantitative estimate of drug-likeness (QED) is 0.218. The Kier molecular flexibility index (Phi) is 10.9. The Hall–Kier alpha value is -3.65. The first-order valence-corrected chi connectivity index (χ1v) is 18.0. The molecule has 11 nitrogen and oxygen atoms in total. The maximum Gasteiger partial charge on any atom is 0.410 e. The van der Waals surface area contributed by atoms with Crippen LogP contribution in [0, 0.1) is 11.9 Å². The van der Waals surface area contributed by atoms with Crippen LogP contribution in [-0.2, 0) is 20.2 Å². The molecule has 3 aromatic rings. The number of pyridine rings is 3. The van der Waals surface area contributed by atoms with Gasteiger partial charge in [0.05, 0.1) is 17.3 Å². The molecule has 48 heavy (non-hydrogen) atoms. The van der Waals surface area contributed by atoms with Crippen molar-refractivity contribution in [2.45, 2.75) is 102 Å². The number of halogens is 2. The van der Waals surface area contributed by atoms with Crippen LogP contribution in [-0.4, -0.2) is 58.0 Å². The van der Waals surface area contributed by atoms with Crippen molar-refractivity contribution in [3.8, 4) is 0 Å². The standard InChI is InChI=1S/C34H44BrFN6O5S/c1-32(2,3)26-17-14-23(29(36)39-26)30(43)41-48(45,46)28-11-9-10-27(40-28)38-25(24-16-13-22(35)19-37-24)15-12-21-18-34(7,8)42(20-21)31(44)47-33(4,5)6/h9-11,13-14,16-17,19,21,25H,12,15,18,20H2,1-8H3,(H,38,40)(H,41,43)/t21-,25?/m0/s1. The summed E-state index contributed by atoms with van der Waals surface area (Å²) in [5.74, 6) is -1.79. The number of carbonyl (C=O) groups is 2. The molecular weight excluding hydrogens is 703 g/mol. The van der Waals surface area contributed by atoms with E-state index in [4.69, 9.17) is 4.74 Å². The van der Waals surface area contributed by atoms with E-state index in [1.165, 1.54) is 24.3 Å². The summed E-state index contributed by atoms with van der Waals surface area (Å²) in [5, 5.41) is 2.89. The highest BCUT2D eigenvalue weighted by molar-refractivity contribution is 9.10. The molecular formula is C34H44BrFN6O5S. The Bertz CT molecular complexity index is 1760. The monoisotopic (exact) mass is 746 g/mol. The second-order valence-corrected chi connectivity index (χ2v) is 17.3. The lowest BCUT2D eigenvalue weighted by Crippen LogP contribution is -2.45. The maximum atomic E-state index is 14.7. The molecule has 1 fully saturated rings. The van der Waals surface area contributed by atoms with E-state index in [9.17, 15) is 22.4 Å². The van der Waals surface area contributed by atoms with Crippen molar-refractivity contribution in [3.05, 3.63) is 76.0 Å². The van der Waals surface area contributed by atoms with Crippen LogP contribution >= 0.6 is 15.9 Å². The van der Waals surface area contributed by atoms with Gasteiger partial charge in [-0.1, -0.05) is 26.8 Å². The number of rotatable bonds is 9. The molecule has 260 valence electrons. The SMILES string of the molecule is CC(C)(C)OC(=O)N1C[C@@H](CCC(Nc2cccc(S(=O)(=O)NC(=O)c3ccc(C(C)(C)C)nc3F)n2)c2ccc(Br)cn2)CC1(C)C. The van der Waals surface area contributed by atoms with E-state index in [1.807, 2.05) is 72.2 Å². The third kappa shape index (κ3) is 9.49. The van der Waals surface area contributed by atoms with E-state index in [-0.39, 0.29) is 29.4 Å². The van der Waals surface area contributed by atoms with Crippen LogP contribution < -0.4 is 10.0 Å². The van der Waals surface area contributed by atoms with Crippen LogP contribution in [0.2, 0.25) is 0 Å². The highest BCUT2D eigenvalue weighted by Gasteiger charge is 2.43. The number of likely N-dealkylation sites (tertiary alicyclic amines) is 1. The van der Waals surface area contributed by atoms with Gasteiger partial charge in [-0.3, -0.25) is 9.78 Å². The molecule has 0 radical (unpaired) electrons. The van der Waals surface area contributed by atoms with Gasteiger partial charge in [-0.05, 0) is 112 Å². The van der Waals surface area contributed by atoms with E-state index < -0.39 is 43.5 Å². The number of aromatic nitrogens is 3.